The van der Waals surface area contributed by atoms with Crippen LogP contribution in [0, 0.1) is 11.8 Å². The Bertz CT molecular complexity index is 598. The van der Waals surface area contributed by atoms with E-state index in [1.54, 1.807) is 0 Å². The van der Waals surface area contributed by atoms with E-state index in [4.69, 9.17) is 4.99 Å². The lowest BCUT2D eigenvalue weighted by Gasteiger charge is -2.32. The van der Waals surface area contributed by atoms with Gasteiger partial charge in [-0.2, -0.15) is 0 Å². The molecule has 6 heteroatoms. The summed E-state index contributed by atoms with van der Waals surface area (Å²) < 4.78 is 2.33. The molecular formula is C21H38N6. The van der Waals surface area contributed by atoms with E-state index in [2.05, 4.69) is 46.2 Å². The molecule has 0 unspecified atom stereocenters. The number of aromatic nitrogens is 3. The highest BCUT2D eigenvalue weighted by molar-refractivity contribution is 5.80. The molecule has 0 radical (unpaired) electrons. The van der Waals surface area contributed by atoms with Gasteiger partial charge in [0.1, 0.15) is 11.6 Å². The normalized spacial score (nSPS) is 23.8. The fourth-order valence-corrected chi connectivity index (χ4v) is 4.44. The zero-order valence-electron chi connectivity index (χ0n) is 17.5. The number of fused-ring (bicyclic) bond motifs is 1. The molecular weight excluding hydrogens is 336 g/mol. The smallest absolute Gasteiger partial charge is 0.191 e. The van der Waals surface area contributed by atoms with Gasteiger partial charge >= 0.3 is 0 Å². The number of nitrogens with one attached hydrogen (secondary N) is 2. The minimum absolute atomic E-state index is 0.558. The van der Waals surface area contributed by atoms with Crippen LogP contribution in [-0.4, -0.2) is 39.9 Å². The van der Waals surface area contributed by atoms with Gasteiger partial charge in [0.25, 0.3) is 0 Å². The standard InChI is InChI=1S/C21H38N6/c1-4-22-21(24-18-11-9-17(10-12-18)16(2)3)23-14-13-20-26-25-19-8-6-5-7-15-27(19)20/h16-18H,4-15H2,1-3H3,(H2,22,23,24). The molecule has 1 aromatic heterocycles. The second kappa shape index (κ2) is 10.1. The van der Waals surface area contributed by atoms with Crippen LogP contribution in [0.4, 0.5) is 0 Å². The fourth-order valence-electron chi connectivity index (χ4n) is 4.44. The summed E-state index contributed by atoms with van der Waals surface area (Å²) in [5, 5.41) is 15.9. The predicted octanol–water partition coefficient (Wildman–Crippen LogP) is 3.32. The molecule has 0 saturated heterocycles. The van der Waals surface area contributed by atoms with Crippen LogP contribution in [0.25, 0.3) is 0 Å². The molecule has 27 heavy (non-hydrogen) atoms. The van der Waals surface area contributed by atoms with E-state index in [-0.39, 0.29) is 0 Å². The molecule has 6 nitrogen and oxygen atoms in total. The molecule has 1 aromatic rings. The van der Waals surface area contributed by atoms with E-state index in [0.29, 0.717) is 6.04 Å². The van der Waals surface area contributed by atoms with Gasteiger partial charge in [-0.15, -0.1) is 10.2 Å². The molecule has 0 atom stereocenters. The van der Waals surface area contributed by atoms with Crippen molar-refractivity contribution in [2.45, 2.75) is 91.1 Å². The molecule has 0 amide bonds. The maximum Gasteiger partial charge on any atom is 0.191 e. The Kier molecular flexibility index (Phi) is 7.53. The third kappa shape index (κ3) is 5.69. The van der Waals surface area contributed by atoms with Crippen molar-refractivity contribution in [1.82, 2.24) is 25.4 Å². The maximum atomic E-state index is 4.82. The van der Waals surface area contributed by atoms with Crippen LogP contribution < -0.4 is 10.6 Å². The van der Waals surface area contributed by atoms with Gasteiger partial charge < -0.3 is 15.2 Å². The van der Waals surface area contributed by atoms with Crippen LogP contribution in [0.3, 0.4) is 0 Å². The Labute approximate surface area is 164 Å². The molecule has 1 saturated carbocycles. The highest BCUT2D eigenvalue weighted by Gasteiger charge is 2.23. The van der Waals surface area contributed by atoms with E-state index in [1.807, 2.05) is 0 Å². The number of nitrogens with zero attached hydrogens (tertiary/aromatic N) is 4. The summed E-state index contributed by atoms with van der Waals surface area (Å²) in [6, 6.07) is 0.558. The quantitative estimate of drug-likeness (QED) is 0.592. The number of hydrogen-bond donors (Lipinski definition) is 2. The largest absolute Gasteiger partial charge is 0.357 e. The average molecular weight is 375 g/mol. The Hall–Kier alpha value is -1.59. The molecule has 0 spiro atoms. The summed E-state index contributed by atoms with van der Waals surface area (Å²) >= 11 is 0. The highest BCUT2D eigenvalue weighted by atomic mass is 15.3. The van der Waals surface area contributed by atoms with Crippen molar-refractivity contribution < 1.29 is 0 Å². The number of aliphatic imine (C=N–C) groups is 1. The van der Waals surface area contributed by atoms with Crippen molar-refractivity contribution >= 4 is 5.96 Å². The molecule has 0 bridgehead atoms. The summed E-state index contributed by atoms with van der Waals surface area (Å²) in [6.45, 7) is 9.57. The Morgan fingerprint density at radius 2 is 1.96 bits per heavy atom. The molecule has 3 rings (SSSR count). The van der Waals surface area contributed by atoms with E-state index in [1.165, 1.54) is 50.8 Å². The Morgan fingerprint density at radius 3 is 2.70 bits per heavy atom. The minimum Gasteiger partial charge on any atom is -0.357 e. The van der Waals surface area contributed by atoms with Crippen LogP contribution in [0.15, 0.2) is 4.99 Å². The number of guanidine groups is 1. The lowest BCUT2D eigenvalue weighted by Crippen LogP contribution is -2.45. The molecule has 1 fully saturated rings. The van der Waals surface area contributed by atoms with Gasteiger partial charge in [0.2, 0.25) is 0 Å². The van der Waals surface area contributed by atoms with Crippen LogP contribution in [0.2, 0.25) is 0 Å². The summed E-state index contributed by atoms with van der Waals surface area (Å²) in [4.78, 5) is 4.82. The van der Waals surface area contributed by atoms with Gasteiger partial charge in [-0.25, -0.2) is 0 Å². The Morgan fingerprint density at radius 1 is 1.15 bits per heavy atom. The summed E-state index contributed by atoms with van der Waals surface area (Å²) in [7, 11) is 0. The van der Waals surface area contributed by atoms with Gasteiger partial charge in [0, 0.05) is 38.5 Å². The molecule has 1 aliphatic carbocycles. The van der Waals surface area contributed by atoms with Crippen molar-refractivity contribution in [3.8, 4) is 0 Å². The minimum atomic E-state index is 0.558. The first-order valence-corrected chi connectivity index (χ1v) is 11.1. The van der Waals surface area contributed by atoms with Crippen molar-refractivity contribution in [3.63, 3.8) is 0 Å². The Balaban J connectivity index is 1.51. The maximum absolute atomic E-state index is 4.82. The van der Waals surface area contributed by atoms with Crippen LogP contribution in [0.1, 0.15) is 77.4 Å². The fraction of sp³-hybridized carbons (Fsp3) is 0.857. The molecule has 2 aliphatic rings. The van der Waals surface area contributed by atoms with Crippen molar-refractivity contribution in [3.05, 3.63) is 11.6 Å². The predicted molar refractivity (Wildman–Crippen MR) is 111 cm³/mol. The second-order valence-electron chi connectivity index (χ2n) is 8.51. The summed E-state index contributed by atoms with van der Waals surface area (Å²) in [5.41, 5.74) is 0. The molecule has 2 heterocycles. The van der Waals surface area contributed by atoms with E-state index in [9.17, 15) is 0 Å². The zero-order chi connectivity index (χ0) is 19.1. The summed E-state index contributed by atoms with van der Waals surface area (Å²) in [5.74, 6) is 4.93. The second-order valence-corrected chi connectivity index (χ2v) is 8.51. The van der Waals surface area contributed by atoms with Crippen LogP contribution in [-0.2, 0) is 19.4 Å². The van der Waals surface area contributed by atoms with Gasteiger partial charge in [0.15, 0.2) is 5.96 Å². The lowest BCUT2D eigenvalue weighted by atomic mass is 9.80. The first-order valence-electron chi connectivity index (χ1n) is 11.1. The highest BCUT2D eigenvalue weighted by Crippen LogP contribution is 2.29. The van der Waals surface area contributed by atoms with E-state index < -0.39 is 0 Å². The molecule has 2 N–H and O–H groups in total. The summed E-state index contributed by atoms with van der Waals surface area (Å²) in [6.07, 6.45) is 10.9. The number of aryl methyl sites for hydroxylation is 1. The third-order valence-corrected chi connectivity index (χ3v) is 6.19. The molecule has 1 aliphatic heterocycles. The van der Waals surface area contributed by atoms with Crippen LogP contribution >= 0.6 is 0 Å². The number of rotatable bonds is 6. The van der Waals surface area contributed by atoms with E-state index in [0.717, 1.165) is 56.1 Å². The SMILES string of the molecule is CCNC(=NCCc1nnc2n1CCCCC2)NC1CCC(C(C)C)CC1. The first kappa shape index (κ1) is 20.2. The molecule has 0 aromatic carbocycles. The monoisotopic (exact) mass is 374 g/mol. The van der Waals surface area contributed by atoms with Crippen molar-refractivity contribution in [2.24, 2.45) is 16.8 Å². The average Bonchev–Trinajstić information content (AvgIpc) is 2.89. The zero-order valence-corrected chi connectivity index (χ0v) is 17.5. The molecule has 152 valence electrons. The lowest BCUT2D eigenvalue weighted by molar-refractivity contribution is 0.250. The topological polar surface area (TPSA) is 67.1 Å². The van der Waals surface area contributed by atoms with Gasteiger partial charge in [-0.1, -0.05) is 20.3 Å². The van der Waals surface area contributed by atoms with Gasteiger partial charge in [0.05, 0.1) is 0 Å². The van der Waals surface area contributed by atoms with Crippen LogP contribution in [0.5, 0.6) is 0 Å². The third-order valence-electron chi connectivity index (χ3n) is 6.19. The number of hydrogen-bond acceptors (Lipinski definition) is 3. The first-order chi connectivity index (χ1) is 13.2. The van der Waals surface area contributed by atoms with Gasteiger partial charge in [-0.05, 0) is 57.3 Å². The van der Waals surface area contributed by atoms with Crippen molar-refractivity contribution in [1.29, 1.82) is 0 Å². The van der Waals surface area contributed by atoms with Gasteiger partial charge in [-0.3, -0.25) is 4.99 Å². The van der Waals surface area contributed by atoms with E-state index >= 15 is 0 Å². The van der Waals surface area contributed by atoms with Crippen molar-refractivity contribution in [2.75, 3.05) is 13.1 Å².